The third kappa shape index (κ3) is 5.93. The number of piperidine rings is 1. The average molecular weight is 319 g/mol. The first kappa shape index (κ1) is 17.3. The molecule has 1 fully saturated rings. The summed E-state index contributed by atoms with van der Waals surface area (Å²) in [5.41, 5.74) is 0.982. The van der Waals surface area contributed by atoms with Gasteiger partial charge in [0.25, 0.3) is 0 Å². The lowest BCUT2D eigenvalue weighted by Crippen LogP contribution is -2.43. The first-order valence-corrected chi connectivity index (χ1v) is 8.36. The summed E-state index contributed by atoms with van der Waals surface area (Å²) in [6.45, 7) is 1.03. The van der Waals surface area contributed by atoms with E-state index >= 15 is 0 Å². The summed E-state index contributed by atoms with van der Waals surface area (Å²) in [5.74, 6) is -0.757. The Kier molecular flexibility index (Phi) is 6.91. The molecule has 2 rings (SSSR count). The van der Waals surface area contributed by atoms with Gasteiger partial charge in [-0.05, 0) is 37.7 Å². The molecule has 5 nitrogen and oxygen atoms in total. The quantitative estimate of drug-likeness (QED) is 0.776. The number of carbonyl (C=O) groups is 2. The smallest absolute Gasteiger partial charge is 0.410 e. The maximum Gasteiger partial charge on any atom is 0.410 e. The predicted octanol–water partition coefficient (Wildman–Crippen LogP) is 3.82. The summed E-state index contributed by atoms with van der Waals surface area (Å²) in [6, 6.07) is 9.84. The molecule has 126 valence electrons. The van der Waals surface area contributed by atoms with E-state index in [9.17, 15) is 9.59 Å². The molecule has 1 amide bonds. The van der Waals surface area contributed by atoms with Gasteiger partial charge in [-0.2, -0.15) is 0 Å². The highest BCUT2D eigenvalue weighted by Crippen LogP contribution is 2.23. The van der Waals surface area contributed by atoms with E-state index in [1.807, 2.05) is 35.2 Å². The molecule has 0 bridgehead atoms. The Morgan fingerprint density at radius 1 is 1.17 bits per heavy atom. The van der Waals surface area contributed by atoms with Crippen LogP contribution in [0.3, 0.4) is 0 Å². The molecule has 5 heteroatoms. The van der Waals surface area contributed by atoms with Crippen LogP contribution in [-0.2, 0) is 16.1 Å². The van der Waals surface area contributed by atoms with E-state index in [1.54, 1.807) is 0 Å². The molecule has 0 saturated carbocycles. The monoisotopic (exact) mass is 319 g/mol. The van der Waals surface area contributed by atoms with Gasteiger partial charge in [-0.15, -0.1) is 0 Å². The summed E-state index contributed by atoms with van der Waals surface area (Å²) in [5, 5.41) is 8.68. The van der Waals surface area contributed by atoms with E-state index in [1.165, 1.54) is 0 Å². The minimum absolute atomic E-state index is 0.181. The van der Waals surface area contributed by atoms with Gasteiger partial charge in [0.15, 0.2) is 0 Å². The Bertz CT molecular complexity index is 503. The van der Waals surface area contributed by atoms with E-state index in [4.69, 9.17) is 9.84 Å². The highest BCUT2D eigenvalue weighted by Gasteiger charge is 2.27. The van der Waals surface area contributed by atoms with Crippen LogP contribution in [0.15, 0.2) is 30.3 Å². The number of carboxylic acids is 1. The number of benzene rings is 1. The summed E-state index contributed by atoms with van der Waals surface area (Å²) in [4.78, 5) is 24.7. The first-order chi connectivity index (χ1) is 11.2. The number of hydrogen-bond acceptors (Lipinski definition) is 3. The second-order valence-electron chi connectivity index (χ2n) is 6.02. The molecule has 23 heavy (non-hydrogen) atoms. The maximum atomic E-state index is 12.3. The number of aliphatic carboxylic acids is 1. The minimum atomic E-state index is -0.757. The van der Waals surface area contributed by atoms with Crippen LogP contribution in [0.1, 0.15) is 50.5 Å². The van der Waals surface area contributed by atoms with Crippen LogP contribution in [0.5, 0.6) is 0 Å². The molecule has 1 aliphatic heterocycles. The van der Waals surface area contributed by atoms with Crippen molar-refractivity contribution in [1.29, 1.82) is 0 Å². The van der Waals surface area contributed by atoms with Crippen molar-refractivity contribution in [2.75, 3.05) is 6.54 Å². The van der Waals surface area contributed by atoms with Crippen molar-refractivity contribution in [3.8, 4) is 0 Å². The normalized spacial score (nSPS) is 17.7. The molecule has 1 unspecified atom stereocenters. The maximum absolute atomic E-state index is 12.3. The molecule has 0 aliphatic carbocycles. The van der Waals surface area contributed by atoms with Crippen LogP contribution >= 0.6 is 0 Å². The van der Waals surface area contributed by atoms with Crippen LogP contribution < -0.4 is 0 Å². The third-order valence-electron chi connectivity index (χ3n) is 4.24. The predicted molar refractivity (Wildman–Crippen MR) is 87.1 cm³/mol. The fraction of sp³-hybridized carbons (Fsp3) is 0.556. The fourth-order valence-electron chi connectivity index (χ4n) is 3.00. The molecule has 1 heterocycles. The average Bonchev–Trinajstić information content (AvgIpc) is 2.58. The van der Waals surface area contributed by atoms with Crippen LogP contribution in [0.2, 0.25) is 0 Å². The van der Waals surface area contributed by atoms with E-state index < -0.39 is 5.97 Å². The second-order valence-corrected chi connectivity index (χ2v) is 6.02. The topological polar surface area (TPSA) is 66.8 Å². The van der Waals surface area contributed by atoms with Gasteiger partial charge < -0.3 is 14.7 Å². The number of rotatable bonds is 7. The number of amides is 1. The highest BCUT2D eigenvalue weighted by atomic mass is 16.6. The Morgan fingerprint density at radius 2 is 1.96 bits per heavy atom. The molecule has 0 spiro atoms. The van der Waals surface area contributed by atoms with Gasteiger partial charge >= 0.3 is 12.1 Å². The molecule has 0 radical (unpaired) electrons. The molecule has 1 saturated heterocycles. The number of likely N-dealkylation sites (tertiary alicyclic amines) is 1. The van der Waals surface area contributed by atoms with Crippen molar-refractivity contribution in [3.63, 3.8) is 0 Å². The number of carboxylic acid groups (broad SMARTS) is 1. The van der Waals surface area contributed by atoms with Crippen LogP contribution in [0.4, 0.5) is 4.79 Å². The zero-order chi connectivity index (χ0) is 16.5. The van der Waals surface area contributed by atoms with Crippen molar-refractivity contribution in [1.82, 2.24) is 4.90 Å². The molecular weight excluding hydrogens is 294 g/mol. The zero-order valence-corrected chi connectivity index (χ0v) is 13.4. The minimum Gasteiger partial charge on any atom is -0.481 e. The van der Waals surface area contributed by atoms with Gasteiger partial charge in [0.2, 0.25) is 0 Å². The van der Waals surface area contributed by atoms with Gasteiger partial charge in [-0.3, -0.25) is 4.79 Å². The van der Waals surface area contributed by atoms with Gasteiger partial charge in [0.1, 0.15) is 6.61 Å². The summed E-state index contributed by atoms with van der Waals surface area (Å²) < 4.78 is 5.44. The van der Waals surface area contributed by atoms with Crippen molar-refractivity contribution in [3.05, 3.63) is 35.9 Å². The summed E-state index contributed by atoms with van der Waals surface area (Å²) >= 11 is 0. The summed E-state index contributed by atoms with van der Waals surface area (Å²) in [6.07, 6.45) is 5.40. The second kappa shape index (κ2) is 9.18. The lowest BCUT2D eigenvalue weighted by atomic mass is 9.97. The standard InChI is InChI=1S/C18H25NO4/c20-17(21)12-5-4-10-16-11-6-7-13-19(16)18(22)23-14-15-8-2-1-3-9-15/h1-3,8-9,16H,4-7,10-14H2,(H,20,21). The SMILES string of the molecule is O=C(O)CCCCC1CCCCN1C(=O)OCc1ccccc1. The lowest BCUT2D eigenvalue weighted by Gasteiger charge is -2.35. The largest absolute Gasteiger partial charge is 0.481 e. The highest BCUT2D eigenvalue weighted by molar-refractivity contribution is 5.68. The van der Waals surface area contributed by atoms with Crippen molar-refractivity contribution < 1.29 is 19.4 Å². The van der Waals surface area contributed by atoms with E-state index in [0.717, 1.165) is 44.2 Å². The van der Waals surface area contributed by atoms with Crippen molar-refractivity contribution >= 4 is 12.1 Å². The van der Waals surface area contributed by atoms with E-state index in [2.05, 4.69) is 0 Å². The third-order valence-corrected chi connectivity index (χ3v) is 4.24. The Morgan fingerprint density at radius 3 is 2.70 bits per heavy atom. The van der Waals surface area contributed by atoms with Gasteiger partial charge in [-0.25, -0.2) is 4.79 Å². The lowest BCUT2D eigenvalue weighted by molar-refractivity contribution is -0.137. The number of unbranched alkanes of at least 4 members (excludes halogenated alkanes) is 1. The Hall–Kier alpha value is -2.04. The molecule has 0 aromatic heterocycles. The van der Waals surface area contributed by atoms with Gasteiger partial charge in [0, 0.05) is 19.0 Å². The van der Waals surface area contributed by atoms with Gasteiger partial charge in [-0.1, -0.05) is 36.8 Å². The van der Waals surface area contributed by atoms with Crippen LogP contribution in [-0.4, -0.2) is 34.7 Å². The summed E-state index contributed by atoms with van der Waals surface area (Å²) in [7, 11) is 0. The molecule has 1 aromatic carbocycles. The van der Waals surface area contributed by atoms with E-state index in [-0.39, 0.29) is 18.6 Å². The molecule has 1 aliphatic rings. The molecule has 1 atom stereocenters. The number of ether oxygens (including phenoxy) is 1. The van der Waals surface area contributed by atoms with Crippen LogP contribution in [0, 0.1) is 0 Å². The number of carbonyl (C=O) groups excluding carboxylic acids is 1. The van der Waals surface area contributed by atoms with Gasteiger partial charge in [0.05, 0.1) is 0 Å². The Labute approximate surface area is 137 Å². The number of nitrogens with zero attached hydrogens (tertiary/aromatic N) is 1. The Balaban J connectivity index is 1.79. The zero-order valence-electron chi connectivity index (χ0n) is 13.4. The van der Waals surface area contributed by atoms with E-state index in [0.29, 0.717) is 13.0 Å². The van der Waals surface area contributed by atoms with Crippen molar-refractivity contribution in [2.45, 2.75) is 57.6 Å². The van der Waals surface area contributed by atoms with Crippen LogP contribution in [0.25, 0.3) is 0 Å². The number of hydrogen-bond donors (Lipinski definition) is 1. The molecule has 1 N–H and O–H groups in total. The fourth-order valence-corrected chi connectivity index (χ4v) is 3.00. The van der Waals surface area contributed by atoms with Crippen molar-refractivity contribution in [2.24, 2.45) is 0 Å². The molecule has 1 aromatic rings. The first-order valence-electron chi connectivity index (χ1n) is 8.36. The molecular formula is C18H25NO4.